The Hall–Kier alpha value is -0.580. The lowest BCUT2D eigenvalue weighted by Gasteiger charge is -1.96. The minimum Gasteiger partial charge on any atom is -0.391 e. The Balaban J connectivity index is 2.96. The Morgan fingerprint density at radius 2 is 2.27 bits per heavy atom. The number of benzene rings is 1. The standard InChI is InChI=1S/C8H7IO2/c1-6-3-2-4-7(5-6)8(10)11-9/h2-5H,1H3. The molecule has 0 saturated carbocycles. The summed E-state index contributed by atoms with van der Waals surface area (Å²) in [6.45, 7) is 1.93. The molecule has 0 aliphatic carbocycles. The minimum atomic E-state index is -0.297. The minimum absolute atomic E-state index is 0.297. The van der Waals surface area contributed by atoms with Crippen molar-refractivity contribution >= 4 is 29.0 Å². The van der Waals surface area contributed by atoms with Crippen LogP contribution in [0.2, 0.25) is 0 Å². The lowest BCUT2D eigenvalue weighted by atomic mass is 10.1. The van der Waals surface area contributed by atoms with Gasteiger partial charge < -0.3 is 3.07 Å². The molecule has 1 aromatic rings. The summed E-state index contributed by atoms with van der Waals surface area (Å²) in [6.07, 6.45) is 0. The van der Waals surface area contributed by atoms with Crippen LogP contribution in [-0.4, -0.2) is 5.97 Å². The molecule has 0 N–H and O–H groups in total. The van der Waals surface area contributed by atoms with Gasteiger partial charge in [-0.3, -0.25) is 0 Å². The van der Waals surface area contributed by atoms with E-state index in [4.69, 9.17) is 0 Å². The second kappa shape index (κ2) is 3.71. The predicted molar refractivity (Wildman–Crippen MR) is 50.6 cm³/mol. The Labute approximate surface area is 79.2 Å². The molecule has 0 bridgehead atoms. The first-order valence-corrected chi connectivity index (χ1v) is 4.01. The zero-order chi connectivity index (χ0) is 8.27. The maximum Gasteiger partial charge on any atom is 0.347 e. The lowest BCUT2D eigenvalue weighted by molar-refractivity contribution is 0.0800. The molecule has 0 radical (unpaired) electrons. The first-order valence-electron chi connectivity index (χ1n) is 3.13. The summed E-state index contributed by atoms with van der Waals surface area (Å²) in [5.41, 5.74) is 1.66. The first-order chi connectivity index (χ1) is 5.24. The monoisotopic (exact) mass is 262 g/mol. The summed E-state index contributed by atoms with van der Waals surface area (Å²) in [6, 6.07) is 7.29. The molecular weight excluding hydrogens is 255 g/mol. The van der Waals surface area contributed by atoms with Crippen molar-refractivity contribution in [1.29, 1.82) is 0 Å². The van der Waals surface area contributed by atoms with Crippen molar-refractivity contribution in [2.24, 2.45) is 0 Å². The van der Waals surface area contributed by atoms with Crippen LogP contribution in [0, 0.1) is 6.92 Å². The fourth-order valence-electron chi connectivity index (χ4n) is 0.817. The van der Waals surface area contributed by atoms with E-state index in [2.05, 4.69) is 3.07 Å². The van der Waals surface area contributed by atoms with Crippen molar-refractivity contribution < 1.29 is 7.86 Å². The molecule has 0 spiro atoms. The molecule has 11 heavy (non-hydrogen) atoms. The van der Waals surface area contributed by atoms with E-state index in [-0.39, 0.29) is 5.97 Å². The van der Waals surface area contributed by atoms with Crippen LogP contribution in [0.15, 0.2) is 24.3 Å². The quantitative estimate of drug-likeness (QED) is 0.727. The van der Waals surface area contributed by atoms with Gasteiger partial charge in [-0.2, -0.15) is 0 Å². The third kappa shape index (κ3) is 2.18. The molecule has 58 valence electrons. The largest absolute Gasteiger partial charge is 0.391 e. The van der Waals surface area contributed by atoms with Crippen molar-refractivity contribution in [3.63, 3.8) is 0 Å². The van der Waals surface area contributed by atoms with Gasteiger partial charge in [0.05, 0.1) is 5.56 Å². The Morgan fingerprint density at radius 1 is 1.55 bits per heavy atom. The molecule has 0 saturated heterocycles. The first kappa shape index (κ1) is 8.52. The summed E-state index contributed by atoms with van der Waals surface area (Å²) in [4.78, 5) is 10.9. The maximum atomic E-state index is 10.9. The number of aryl methyl sites for hydroxylation is 1. The van der Waals surface area contributed by atoms with Crippen molar-refractivity contribution in [3.8, 4) is 0 Å². The third-order valence-electron chi connectivity index (χ3n) is 1.32. The van der Waals surface area contributed by atoms with Crippen molar-refractivity contribution in [1.82, 2.24) is 0 Å². The van der Waals surface area contributed by atoms with E-state index in [1.165, 1.54) is 0 Å². The van der Waals surface area contributed by atoms with Crippen LogP contribution in [0.5, 0.6) is 0 Å². The van der Waals surface area contributed by atoms with Gasteiger partial charge in [-0.1, -0.05) is 17.7 Å². The highest BCUT2D eigenvalue weighted by molar-refractivity contribution is 14.1. The number of hydrogen-bond acceptors (Lipinski definition) is 2. The Bertz CT molecular complexity index is 271. The van der Waals surface area contributed by atoms with Gasteiger partial charge >= 0.3 is 5.97 Å². The van der Waals surface area contributed by atoms with Gasteiger partial charge in [-0.15, -0.1) is 0 Å². The molecule has 1 aromatic carbocycles. The predicted octanol–water partition coefficient (Wildman–Crippen LogP) is 2.50. The van der Waals surface area contributed by atoms with Gasteiger partial charge in [0.25, 0.3) is 0 Å². The van der Waals surface area contributed by atoms with Crippen molar-refractivity contribution in [2.75, 3.05) is 0 Å². The van der Waals surface area contributed by atoms with Crippen LogP contribution >= 0.6 is 23.0 Å². The van der Waals surface area contributed by atoms with E-state index in [9.17, 15) is 4.79 Å². The Kier molecular flexibility index (Phi) is 2.87. The zero-order valence-corrected chi connectivity index (χ0v) is 8.16. The molecular formula is C8H7IO2. The molecule has 0 aliphatic heterocycles. The summed E-state index contributed by atoms with van der Waals surface area (Å²) < 4.78 is 4.52. The lowest BCUT2D eigenvalue weighted by Crippen LogP contribution is -1.96. The normalized spacial score (nSPS) is 9.27. The molecule has 0 amide bonds. The van der Waals surface area contributed by atoms with Gasteiger partial charge in [0.2, 0.25) is 0 Å². The van der Waals surface area contributed by atoms with Gasteiger partial charge in [0.15, 0.2) is 23.0 Å². The summed E-state index contributed by atoms with van der Waals surface area (Å²) in [5.74, 6) is -0.297. The molecule has 0 fully saturated rings. The highest BCUT2D eigenvalue weighted by Crippen LogP contribution is 2.06. The number of hydrogen-bond donors (Lipinski definition) is 0. The van der Waals surface area contributed by atoms with Crippen LogP contribution in [0.3, 0.4) is 0 Å². The fraction of sp³-hybridized carbons (Fsp3) is 0.125. The van der Waals surface area contributed by atoms with Crippen LogP contribution in [0.4, 0.5) is 0 Å². The van der Waals surface area contributed by atoms with Gasteiger partial charge in [-0.05, 0) is 19.1 Å². The summed E-state index contributed by atoms with van der Waals surface area (Å²) >= 11 is 1.58. The fourth-order valence-corrected chi connectivity index (χ4v) is 1.07. The SMILES string of the molecule is Cc1cccc(C(=O)OI)c1. The van der Waals surface area contributed by atoms with E-state index in [0.717, 1.165) is 5.56 Å². The topological polar surface area (TPSA) is 26.3 Å². The van der Waals surface area contributed by atoms with Crippen molar-refractivity contribution in [3.05, 3.63) is 35.4 Å². The van der Waals surface area contributed by atoms with Crippen molar-refractivity contribution in [2.45, 2.75) is 6.92 Å². The highest BCUT2D eigenvalue weighted by Gasteiger charge is 2.03. The molecule has 0 heterocycles. The second-order valence-corrected chi connectivity index (χ2v) is 2.67. The second-order valence-electron chi connectivity index (χ2n) is 2.23. The molecule has 1 rings (SSSR count). The zero-order valence-electron chi connectivity index (χ0n) is 6.00. The van der Waals surface area contributed by atoms with E-state index >= 15 is 0 Å². The Morgan fingerprint density at radius 3 is 2.82 bits per heavy atom. The summed E-state index contributed by atoms with van der Waals surface area (Å²) in [7, 11) is 0. The smallest absolute Gasteiger partial charge is 0.347 e. The van der Waals surface area contributed by atoms with Gasteiger partial charge in [0, 0.05) is 0 Å². The maximum absolute atomic E-state index is 10.9. The van der Waals surface area contributed by atoms with E-state index in [0.29, 0.717) is 5.56 Å². The highest BCUT2D eigenvalue weighted by atomic mass is 127. The molecule has 2 nitrogen and oxygen atoms in total. The van der Waals surface area contributed by atoms with Gasteiger partial charge in [0.1, 0.15) is 0 Å². The molecule has 0 aliphatic rings. The van der Waals surface area contributed by atoms with Crippen LogP contribution in [0.25, 0.3) is 0 Å². The molecule has 0 unspecified atom stereocenters. The van der Waals surface area contributed by atoms with E-state index < -0.39 is 0 Å². The number of rotatable bonds is 1. The third-order valence-corrected chi connectivity index (χ3v) is 1.72. The average molecular weight is 262 g/mol. The van der Waals surface area contributed by atoms with Crippen LogP contribution in [-0.2, 0) is 3.07 Å². The van der Waals surface area contributed by atoms with E-state index in [1.54, 1.807) is 35.1 Å². The number of carbonyl (C=O) groups is 1. The molecule has 0 atom stereocenters. The van der Waals surface area contributed by atoms with E-state index in [1.807, 2.05) is 19.1 Å². The number of carbonyl (C=O) groups excluding carboxylic acids is 1. The van der Waals surface area contributed by atoms with Gasteiger partial charge in [-0.25, -0.2) is 4.79 Å². The molecule has 3 heteroatoms. The molecule has 0 aromatic heterocycles. The van der Waals surface area contributed by atoms with Crippen LogP contribution < -0.4 is 0 Å². The number of halogens is 1. The average Bonchev–Trinajstić information content (AvgIpc) is 2.03. The summed E-state index contributed by atoms with van der Waals surface area (Å²) in [5, 5.41) is 0. The van der Waals surface area contributed by atoms with Crippen LogP contribution in [0.1, 0.15) is 15.9 Å².